The second-order valence-corrected chi connectivity index (χ2v) is 8.35. The molecular formula is C21H15Cl2N3O2S. The lowest BCUT2D eigenvalue weighted by atomic mass is 10.1. The maximum atomic E-state index is 12.2. The molecule has 3 aromatic rings. The largest absolute Gasteiger partial charge is 0.455 e. The number of halogens is 2. The van der Waals surface area contributed by atoms with Crippen LogP contribution in [0.5, 0.6) is 0 Å². The molecule has 0 aliphatic carbocycles. The highest BCUT2D eigenvalue weighted by Gasteiger charge is 2.30. The Balaban J connectivity index is 1.38. The summed E-state index contributed by atoms with van der Waals surface area (Å²) < 4.78 is 5.74. The number of carbonyl (C=O) groups excluding carboxylic acids is 1. The summed E-state index contributed by atoms with van der Waals surface area (Å²) in [5, 5.41) is 12.4. The molecule has 1 aliphatic rings. The normalized spacial score (nSPS) is 17.9. The summed E-state index contributed by atoms with van der Waals surface area (Å²) in [7, 11) is 0. The summed E-state index contributed by atoms with van der Waals surface area (Å²) in [5.41, 5.74) is 1.92. The van der Waals surface area contributed by atoms with E-state index in [4.69, 9.17) is 27.6 Å². The molecule has 1 N–H and O–H groups in total. The highest BCUT2D eigenvalue weighted by atomic mass is 35.5. The van der Waals surface area contributed by atoms with Crippen LogP contribution in [0, 0.1) is 0 Å². The van der Waals surface area contributed by atoms with Crippen molar-refractivity contribution in [2.24, 2.45) is 10.2 Å². The predicted octanol–water partition coefficient (Wildman–Crippen LogP) is 5.42. The van der Waals surface area contributed by atoms with Gasteiger partial charge in [-0.05, 0) is 60.5 Å². The molecule has 5 nitrogen and oxygen atoms in total. The minimum Gasteiger partial charge on any atom is -0.455 e. The van der Waals surface area contributed by atoms with Crippen LogP contribution in [0.1, 0.15) is 11.3 Å². The molecule has 1 aromatic heterocycles. The standard InChI is InChI=1S/C21H15Cl2N3O2S/c22-15-6-4-14(5-7-15)18-9-8-17(28-18)12-24-26-21-25-20(27)19(29-21)11-13-2-1-3-16(23)10-13/h1-10,12,19H,11H2,(H,25,26,27)/b24-12+. The van der Waals surface area contributed by atoms with E-state index in [2.05, 4.69) is 15.5 Å². The molecule has 1 unspecified atom stereocenters. The third-order valence-corrected chi connectivity index (χ3v) is 5.73. The van der Waals surface area contributed by atoms with Gasteiger partial charge in [-0.1, -0.05) is 47.1 Å². The van der Waals surface area contributed by atoms with Crippen LogP contribution >= 0.6 is 35.0 Å². The number of carbonyl (C=O) groups is 1. The van der Waals surface area contributed by atoms with Gasteiger partial charge < -0.3 is 9.73 Å². The van der Waals surface area contributed by atoms with Crippen molar-refractivity contribution in [3.05, 3.63) is 82.0 Å². The van der Waals surface area contributed by atoms with Crippen LogP contribution in [0.4, 0.5) is 0 Å². The molecule has 29 heavy (non-hydrogen) atoms. The molecule has 0 radical (unpaired) electrons. The van der Waals surface area contributed by atoms with E-state index in [0.29, 0.717) is 33.2 Å². The van der Waals surface area contributed by atoms with Crippen molar-refractivity contribution in [1.82, 2.24) is 5.32 Å². The summed E-state index contributed by atoms with van der Waals surface area (Å²) in [6, 6.07) is 18.5. The smallest absolute Gasteiger partial charge is 0.239 e. The maximum absolute atomic E-state index is 12.2. The Morgan fingerprint density at radius 2 is 1.90 bits per heavy atom. The molecule has 1 saturated heterocycles. The van der Waals surface area contributed by atoms with Crippen LogP contribution in [-0.4, -0.2) is 22.5 Å². The number of furan rings is 1. The summed E-state index contributed by atoms with van der Waals surface area (Å²) >= 11 is 13.3. The summed E-state index contributed by atoms with van der Waals surface area (Å²) in [5.74, 6) is 1.18. The van der Waals surface area contributed by atoms with Gasteiger partial charge in [0.15, 0.2) is 5.17 Å². The lowest BCUT2D eigenvalue weighted by Gasteiger charge is -2.05. The Kier molecular flexibility index (Phi) is 6.04. The molecule has 8 heteroatoms. The number of amides is 1. The van der Waals surface area contributed by atoms with Gasteiger partial charge in [0.2, 0.25) is 5.91 Å². The van der Waals surface area contributed by atoms with Gasteiger partial charge in [-0.2, -0.15) is 5.10 Å². The van der Waals surface area contributed by atoms with Crippen molar-refractivity contribution >= 4 is 52.3 Å². The molecule has 1 amide bonds. The van der Waals surface area contributed by atoms with Gasteiger partial charge in [0.05, 0.1) is 11.5 Å². The Bertz CT molecular complexity index is 1090. The zero-order chi connectivity index (χ0) is 20.2. The minimum atomic E-state index is -0.262. The summed E-state index contributed by atoms with van der Waals surface area (Å²) in [4.78, 5) is 12.2. The number of amidine groups is 1. The fourth-order valence-corrected chi connectivity index (χ4v) is 4.10. The van der Waals surface area contributed by atoms with E-state index in [0.717, 1.165) is 11.1 Å². The van der Waals surface area contributed by atoms with Crippen LogP contribution < -0.4 is 5.32 Å². The number of hydrogen-bond donors (Lipinski definition) is 1. The number of thioether (sulfide) groups is 1. The molecule has 1 atom stereocenters. The highest BCUT2D eigenvalue weighted by molar-refractivity contribution is 8.15. The van der Waals surface area contributed by atoms with Gasteiger partial charge in [-0.3, -0.25) is 4.79 Å². The van der Waals surface area contributed by atoms with Crippen molar-refractivity contribution in [2.45, 2.75) is 11.7 Å². The Morgan fingerprint density at radius 3 is 2.69 bits per heavy atom. The fraction of sp³-hybridized carbons (Fsp3) is 0.0952. The van der Waals surface area contributed by atoms with Gasteiger partial charge >= 0.3 is 0 Å². The average molecular weight is 444 g/mol. The van der Waals surface area contributed by atoms with Crippen molar-refractivity contribution in [3.63, 3.8) is 0 Å². The first kappa shape index (κ1) is 19.8. The number of nitrogens with zero attached hydrogens (tertiary/aromatic N) is 2. The molecule has 0 saturated carbocycles. The molecule has 0 spiro atoms. The van der Waals surface area contributed by atoms with E-state index in [1.807, 2.05) is 42.5 Å². The first-order valence-corrected chi connectivity index (χ1v) is 10.4. The van der Waals surface area contributed by atoms with E-state index in [1.54, 1.807) is 18.2 Å². The second-order valence-electron chi connectivity index (χ2n) is 6.29. The van der Waals surface area contributed by atoms with Crippen LogP contribution in [0.3, 0.4) is 0 Å². The van der Waals surface area contributed by atoms with Crippen molar-refractivity contribution in [2.75, 3.05) is 0 Å². The van der Waals surface area contributed by atoms with Gasteiger partial charge in [0.25, 0.3) is 0 Å². The van der Waals surface area contributed by atoms with Crippen molar-refractivity contribution in [1.29, 1.82) is 0 Å². The SMILES string of the molecule is O=C1N/C(=N\N=C\c2ccc(-c3ccc(Cl)cc3)o2)SC1Cc1cccc(Cl)c1. The molecule has 2 aromatic carbocycles. The Labute approximate surface area is 181 Å². The zero-order valence-corrected chi connectivity index (χ0v) is 17.3. The fourth-order valence-electron chi connectivity index (χ4n) is 2.79. The van der Waals surface area contributed by atoms with E-state index < -0.39 is 0 Å². The van der Waals surface area contributed by atoms with Crippen LogP contribution in [-0.2, 0) is 11.2 Å². The average Bonchev–Trinajstić information content (AvgIpc) is 3.30. The Morgan fingerprint density at radius 1 is 1.07 bits per heavy atom. The van der Waals surface area contributed by atoms with Crippen LogP contribution in [0.2, 0.25) is 10.0 Å². The topological polar surface area (TPSA) is 67.0 Å². The van der Waals surface area contributed by atoms with Gasteiger partial charge in [-0.25, -0.2) is 0 Å². The number of rotatable bonds is 5. The quantitative estimate of drug-likeness (QED) is 0.422. The van der Waals surface area contributed by atoms with Gasteiger partial charge in [0.1, 0.15) is 11.5 Å². The highest BCUT2D eigenvalue weighted by Crippen LogP contribution is 2.25. The lowest BCUT2D eigenvalue weighted by Crippen LogP contribution is -2.25. The maximum Gasteiger partial charge on any atom is 0.239 e. The monoisotopic (exact) mass is 443 g/mol. The lowest BCUT2D eigenvalue weighted by molar-refractivity contribution is -0.118. The summed E-state index contributed by atoms with van der Waals surface area (Å²) in [6.07, 6.45) is 2.08. The van der Waals surface area contributed by atoms with E-state index in [9.17, 15) is 4.79 Å². The number of benzene rings is 2. The first-order chi connectivity index (χ1) is 14.1. The zero-order valence-electron chi connectivity index (χ0n) is 15.0. The molecule has 2 heterocycles. The first-order valence-electron chi connectivity index (χ1n) is 8.75. The van der Waals surface area contributed by atoms with Gasteiger partial charge in [0, 0.05) is 15.6 Å². The summed E-state index contributed by atoms with van der Waals surface area (Å²) in [6.45, 7) is 0. The van der Waals surface area contributed by atoms with Crippen LogP contribution in [0.15, 0.2) is 75.3 Å². The van der Waals surface area contributed by atoms with E-state index in [1.165, 1.54) is 18.0 Å². The third kappa shape index (κ3) is 5.09. The molecule has 1 aliphatic heterocycles. The van der Waals surface area contributed by atoms with E-state index >= 15 is 0 Å². The Hall–Kier alpha value is -2.54. The number of hydrogen-bond acceptors (Lipinski definition) is 5. The van der Waals surface area contributed by atoms with Crippen LogP contribution in [0.25, 0.3) is 11.3 Å². The van der Waals surface area contributed by atoms with Gasteiger partial charge in [-0.15, -0.1) is 5.10 Å². The molecule has 4 rings (SSSR count). The molecule has 1 fully saturated rings. The molecular weight excluding hydrogens is 429 g/mol. The molecule has 146 valence electrons. The van der Waals surface area contributed by atoms with Crippen molar-refractivity contribution in [3.8, 4) is 11.3 Å². The molecule has 0 bridgehead atoms. The third-order valence-electron chi connectivity index (χ3n) is 4.18. The predicted molar refractivity (Wildman–Crippen MR) is 119 cm³/mol. The minimum absolute atomic E-state index is 0.0908. The van der Waals surface area contributed by atoms with E-state index in [-0.39, 0.29) is 11.2 Å². The number of nitrogens with one attached hydrogen (secondary N) is 1. The van der Waals surface area contributed by atoms with Crippen molar-refractivity contribution < 1.29 is 9.21 Å². The second kappa shape index (κ2) is 8.86.